The summed E-state index contributed by atoms with van der Waals surface area (Å²) in [5, 5.41) is 4.34. The zero-order valence-corrected chi connectivity index (χ0v) is 25.3. The SMILES string of the molecule is CC(C)OC(=O)OC[C@@]1(C)O[C@@H](c2ccc3c(/N=C\N(C)C)ncnn23)[C@H](OC(=O)OC(C)C)[C@@H]1OC(=O)OC(C)C. The molecule has 1 aliphatic heterocycles. The topological polar surface area (TPSA) is 162 Å². The van der Waals surface area contributed by atoms with Crippen LogP contribution in [-0.4, -0.2) is 101 Å². The molecule has 4 atom stereocenters. The van der Waals surface area contributed by atoms with Gasteiger partial charge in [-0.25, -0.2) is 28.9 Å². The van der Waals surface area contributed by atoms with E-state index in [1.54, 1.807) is 71.8 Å². The van der Waals surface area contributed by atoms with Crippen molar-refractivity contribution in [2.24, 2.45) is 4.99 Å². The largest absolute Gasteiger partial charge is 0.509 e. The lowest BCUT2D eigenvalue weighted by Crippen LogP contribution is -2.49. The molecule has 1 fully saturated rings. The summed E-state index contributed by atoms with van der Waals surface area (Å²) in [6.45, 7) is 11.1. The van der Waals surface area contributed by atoms with E-state index in [9.17, 15) is 14.4 Å². The van der Waals surface area contributed by atoms with Crippen molar-refractivity contribution < 1.29 is 47.5 Å². The second kappa shape index (κ2) is 13.7. The van der Waals surface area contributed by atoms with Gasteiger partial charge in [-0.2, -0.15) is 5.10 Å². The quantitative estimate of drug-likeness (QED) is 0.167. The molecule has 2 aromatic rings. The number of carbonyl (C=O) groups excluding carboxylic acids is 3. The van der Waals surface area contributed by atoms with Crippen LogP contribution in [-0.2, 0) is 33.2 Å². The fourth-order valence-corrected chi connectivity index (χ4v) is 4.10. The van der Waals surface area contributed by atoms with Gasteiger partial charge in [-0.05, 0) is 60.6 Å². The highest BCUT2D eigenvalue weighted by molar-refractivity contribution is 5.71. The second-order valence-corrected chi connectivity index (χ2v) is 10.9. The highest BCUT2D eigenvalue weighted by Crippen LogP contribution is 2.44. The summed E-state index contributed by atoms with van der Waals surface area (Å²) in [6, 6.07) is 3.41. The van der Waals surface area contributed by atoms with Crippen molar-refractivity contribution in [1.29, 1.82) is 0 Å². The number of nitrogens with zero attached hydrogens (tertiary/aromatic N) is 5. The molecule has 232 valence electrons. The molecule has 1 saturated heterocycles. The summed E-state index contributed by atoms with van der Waals surface area (Å²) in [7, 11) is 3.64. The molecule has 0 spiro atoms. The second-order valence-electron chi connectivity index (χ2n) is 10.9. The predicted octanol–water partition coefficient (Wildman–Crippen LogP) is 4.20. The van der Waals surface area contributed by atoms with Crippen molar-refractivity contribution in [3.05, 3.63) is 24.2 Å². The molecule has 0 bridgehead atoms. The number of hydrogen-bond acceptors (Lipinski definition) is 13. The molecule has 3 rings (SSSR count). The van der Waals surface area contributed by atoms with Gasteiger partial charge < -0.3 is 38.1 Å². The highest BCUT2D eigenvalue weighted by Gasteiger charge is 2.59. The molecular weight excluding hydrogens is 554 g/mol. The molecule has 0 unspecified atom stereocenters. The molecule has 0 aliphatic carbocycles. The van der Waals surface area contributed by atoms with E-state index in [4.69, 9.17) is 33.2 Å². The van der Waals surface area contributed by atoms with Crippen LogP contribution in [0.25, 0.3) is 5.52 Å². The molecule has 1 aliphatic rings. The van der Waals surface area contributed by atoms with Crippen LogP contribution in [0.3, 0.4) is 0 Å². The van der Waals surface area contributed by atoms with Gasteiger partial charge in [-0.3, -0.25) is 0 Å². The van der Waals surface area contributed by atoms with Crippen LogP contribution in [0.2, 0.25) is 0 Å². The van der Waals surface area contributed by atoms with E-state index in [0.717, 1.165) is 0 Å². The molecule has 2 aromatic heterocycles. The number of rotatable bonds is 10. The Bertz CT molecular complexity index is 1280. The van der Waals surface area contributed by atoms with Crippen molar-refractivity contribution in [3.63, 3.8) is 0 Å². The minimum Gasteiger partial charge on any atom is -0.432 e. The minimum atomic E-state index is -1.54. The number of carbonyl (C=O) groups is 3. The van der Waals surface area contributed by atoms with E-state index in [1.165, 1.54) is 10.8 Å². The Labute approximate surface area is 244 Å². The molecule has 15 heteroatoms. The van der Waals surface area contributed by atoms with Crippen molar-refractivity contribution >= 4 is 36.1 Å². The van der Waals surface area contributed by atoms with E-state index in [2.05, 4.69) is 15.1 Å². The van der Waals surface area contributed by atoms with Gasteiger partial charge in [0.15, 0.2) is 18.0 Å². The summed E-state index contributed by atoms with van der Waals surface area (Å²) >= 11 is 0. The van der Waals surface area contributed by atoms with Crippen molar-refractivity contribution in [3.8, 4) is 0 Å². The van der Waals surface area contributed by atoms with E-state index in [-0.39, 0.29) is 0 Å². The van der Waals surface area contributed by atoms with Gasteiger partial charge in [-0.15, -0.1) is 0 Å². The summed E-state index contributed by atoms with van der Waals surface area (Å²) < 4.78 is 40.1. The molecule has 3 heterocycles. The lowest BCUT2D eigenvalue weighted by atomic mass is 9.96. The summed E-state index contributed by atoms with van der Waals surface area (Å²) in [4.78, 5) is 48.1. The lowest BCUT2D eigenvalue weighted by Gasteiger charge is -2.30. The molecule has 15 nitrogen and oxygen atoms in total. The zero-order valence-electron chi connectivity index (χ0n) is 25.3. The Balaban J connectivity index is 2.08. The van der Waals surface area contributed by atoms with Crippen LogP contribution in [0, 0.1) is 0 Å². The molecule has 42 heavy (non-hydrogen) atoms. The predicted molar refractivity (Wildman–Crippen MR) is 148 cm³/mol. The molecule has 0 aromatic carbocycles. The van der Waals surface area contributed by atoms with Gasteiger partial charge in [-0.1, -0.05) is 0 Å². The van der Waals surface area contributed by atoms with Crippen molar-refractivity contribution in [1.82, 2.24) is 19.5 Å². The first-order valence-corrected chi connectivity index (χ1v) is 13.5. The van der Waals surface area contributed by atoms with Crippen LogP contribution in [0.15, 0.2) is 23.5 Å². The highest BCUT2D eigenvalue weighted by atomic mass is 16.8. The van der Waals surface area contributed by atoms with Gasteiger partial charge in [0.05, 0.1) is 30.3 Å². The first-order valence-electron chi connectivity index (χ1n) is 13.5. The number of ether oxygens (including phenoxy) is 7. The van der Waals surface area contributed by atoms with Crippen molar-refractivity contribution in [2.45, 2.75) is 90.7 Å². The Hall–Kier alpha value is -4.14. The van der Waals surface area contributed by atoms with Crippen LogP contribution < -0.4 is 0 Å². The maximum Gasteiger partial charge on any atom is 0.509 e. The Kier molecular flexibility index (Phi) is 10.5. The van der Waals surface area contributed by atoms with Gasteiger partial charge in [0.1, 0.15) is 30.2 Å². The summed E-state index contributed by atoms with van der Waals surface area (Å²) in [6.07, 6.45) is -5.24. The Morgan fingerprint density at radius 1 is 1.00 bits per heavy atom. The minimum absolute atomic E-state index is 0.371. The normalized spacial score (nSPS) is 22.1. The van der Waals surface area contributed by atoms with Gasteiger partial charge in [0.2, 0.25) is 0 Å². The number of aliphatic imine (C=N–C) groups is 1. The fourth-order valence-electron chi connectivity index (χ4n) is 4.10. The Morgan fingerprint density at radius 2 is 1.60 bits per heavy atom. The molecule has 0 radical (unpaired) electrons. The van der Waals surface area contributed by atoms with E-state index >= 15 is 0 Å². The van der Waals surface area contributed by atoms with Crippen molar-refractivity contribution in [2.75, 3.05) is 20.7 Å². The third kappa shape index (κ3) is 8.21. The number of hydrogen-bond donors (Lipinski definition) is 0. The first-order chi connectivity index (χ1) is 19.7. The van der Waals surface area contributed by atoms with Gasteiger partial charge in [0, 0.05) is 14.1 Å². The summed E-state index contributed by atoms with van der Waals surface area (Å²) in [5.41, 5.74) is -0.599. The molecule has 0 saturated carbocycles. The van der Waals surface area contributed by atoms with E-state index in [0.29, 0.717) is 17.0 Å². The lowest BCUT2D eigenvalue weighted by molar-refractivity contribution is -0.120. The number of aromatic nitrogens is 3. The van der Waals surface area contributed by atoms with Crippen LogP contribution in [0.4, 0.5) is 20.2 Å². The molecular formula is C27H39N5O10. The van der Waals surface area contributed by atoms with Gasteiger partial charge in [0.25, 0.3) is 0 Å². The Morgan fingerprint density at radius 3 is 2.19 bits per heavy atom. The molecule has 0 amide bonds. The average Bonchev–Trinajstić information content (AvgIpc) is 3.40. The fraction of sp³-hybridized carbons (Fsp3) is 0.630. The average molecular weight is 594 g/mol. The standard InChI is InChI=1S/C27H39N5O10/c1-15(2)37-24(33)36-12-27(7)22(41-26(35)39-17(5)6)21(40-25(34)38-16(3)4)20(42-27)18-10-11-19-23(29-14-31(8)9)28-13-30-32(18)19/h10-11,13-17,20-22H,12H2,1-9H3/b29-14-/t20-,21-,22-,27+/m0/s1. The monoisotopic (exact) mass is 593 g/mol. The zero-order chi connectivity index (χ0) is 31.2. The third-order valence-electron chi connectivity index (χ3n) is 5.69. The third-order valence-corrected chi connectivity index (χ3v) is 5.69. The van der Waals surface area contributed by atoms with Crippen LogP contribution in [0.1, 0.15) is 60.3 Å². The smallest absolute Gasteiger partial charge is 0.432 e. The number of fused-ring (bicyclic) bond motifs is 1. The van der Waals surface area contributed by atoms with Gasteiger partial charge >= 0.3 is 18.5 Å². The summed E-state index contributed by atoms with van der Waals surface area (Å²) in [5.74, 6) is 0.371. The van der Waals surface area contributed by atoms with E-state index in [1.807, 2.05) is 14.1 Å². The van der Waals surface area contributed by atoms with Crippen LogP contribution >= 0.6 is 0 Å². The van der Waals surface area contributed by atoms with Crippen LogP contribution in [0.5, 0.6) is 0 Å². The maximum atomic E-state index is 12.8. The maximum absolute atomic E-state index is 12.8. The molecule has 0 N–H and O–H groups in total. The first kappa shape index (κ1) is 32.4. The van der Waals surface area contributed by atoms with E-state index < -0.39 is 67.3 Å².